The number of allylic oxidation sites excluding steroid dienone is 2. The van der Waals surface area contributed by atoms with Crippen LogP contribution in [0.5, 0.6) is 0 Å². The molecule has 1 unspecified atom stereocenters. The smallest absolute Gasteiger partial charge is 0.308 e. The molecule has 0 aliphatic heterocycles. The standard InChI is InChI=1S/C12H20O2/c1-10(2)12(13)14-11-8-6-4-3-5-7-9-11/h3-4,10-11H,5-9H2,1-2H3/b4-3-. The van der Waals surface area contributed by atoms with Gasteiger partial charge < -0.3 is 4.74 Å². The molecule has 0 fully saturated rings. The minimum Gasteiger partial charge on any atom is -0.462 e. The van der Waals surface area contributed by atoms with Crippen molar-refractivity contribution in [3.8, 4) is 0 Å². The second-order valence-corrected chi connectivity index (χ2v) is 4.19. The maximum atomic E-state index is 11.4. The number of esters is 1. The Morgan fingerprint density at radius 1 is 1.29 bits per heavy atom. The van der Waals surface area contributed by atoms with Crippen molar-refractivity contribution in [3.63, 3.8) is 0 Å². The zero-order valence-electron chi connectivity index (χ0n) is 9.16. The molecular weight excluding hydrogens is 176 g/mol. The molecule has 0 saturated carbocycles. The van der Waals surface area contributed by atoms with Gasteiger partial charge in [-0.15, -0.1) is 0 Å². The topological polar surface area (TPSA) is 26.3 Å². The Morgan fingerprint density at radius 2 is 2.00 bits per heavy atom. The normalized spacial score (nSPS) is 25.2. The van der Waals surface area contributed by atoms with Crippen molar-refractivity contribution in [2.75, 3.05) is 0 Å². The van der Waals surface area contributed by atoms with Gasteiger partial charge in [-0.2, -0.15) is 0 Å². The maximum absolute atomic E-state index is 11.4. The van der Waals surface area contributed by atoms with E-state index in [1.807, 2.05) is 13.8 Å². The summed E-state index contributed by atoms with van der Waals surface area (Å²) in [6, 6.07) is 0. The lowest BCUT2D eigenvalue weighted by atomic mass is 10.0. The van der Waals surface area contributed by atoms with Crippen molar-refractivity contribution in [1.82, 2.24) is 0 Å². The Morgan fingerprint density at radius 3 is 2.71 bits per heavy atom. The van der Waals surface area contributed by atoms with E-state index in [0.29, 0.717) is 0 Å². The van der Waals surface area contributed by atoms with Crippen LogP contribution >= 0.6 is 0 Å². The average molecular weight is 196 g/mol. The van der Waals surface area contributed by atoms with Crippen LogP contribution in [0.2, 0.25) is 0 Å². The number of carbonyl (C=O) groups is 1. The van der Waals surface area contributed by atoms with Gasteiger partial charge in [0.2, 0.25) is 0 Å². The van der Waals surface area contributed by atoms with Crippen LogP contribution in [0.15, 0.2) is 12.2 Å². The fourth-order valence-corrected chi connectivity index (χ4v) is 1.54. The Hall–Kier alpha value is -0.790. The van der Waals surface area contributed by atoms with Crippen LogP contribution in [0, 0.1) is 5.92 Å². The monoisotopic (exact) mass is 196 g/mol. The predicted octanol–water partition coefficient (Wildman–Crippen LogP) is 3.07. The highest BCUT2D eigenvalue weighted by Crippen LogP contribution is 2.16. The highest BCUT2D eigenvalue weighted by Gasteiger charge is 2.16. The molecule has 80 valence electrons. The number of carbonyl (C=O) groups excluding carboxylic acids is 1. The van der Waals surface area contributed by atoms with Gasteiger partial charge in [0, 0.05) is 0 Å². The number of rotatable bonds is 2. The number of hydrogen-bond acceptors (Lipinski definition) is 2. The molecule has 1 rings (SSSR count). The zero-order valence-corrected chi connectivity index (χ0v) is 9.16. The third kappa shape index (κ3) is 3.95. The van der Waals surface area contributed by atoms with E-state index in [1.54, 1.807) is 0 Å². The van der Waals surface area contributed by atoms with Crippen LogP contribution in [0.1, 0.15) is 46.0 Å². The van der Waals surface area contributed by atoms with Gasteiger partial charge in [-0.05, 0) is 32.1 Å². The summed E-state index contributed by atoms with van der Waals surface area (Å²) in [6.45, 7) is 3.76. The summed E-state index contributed by atoms with van der Waals surface area (Å²) in [7, 11) is 0. The highest BCUT2D eigenvalue weighted by molar-refractivity contribution is 5.71. The van der Waals surface area contributed by atoms with Crippen LogP contribution in [-0.4, -0.2) is 12.1 Å². The molecular formula is C12H20O2. The van der Waals surface area contributed by atoms with Crippen molar-refractivity contribution < 1.29 is 9.53 Å². The van der Waals surface area contributed by atoms with E-state index in [4.69, 9.17) is 4.74 Å². The first kappa shape index (κ1) is 11.3. The maximum Gasteiger partial charge on any atom is 0.308 e. The molecule has 0 amide bonds. The van der Waals surface area contributed by atoms with Crippen LogP contribution in [-0.2, 0) is 9.53 Å². The van der Waals surface area contributed by atoms with Crippen LogP contribution in [0.3, 0.4) is 0 Å². The van der Waals surface area contributed by atoms with Crippen LogP contribution in [0.25, 0.3) is 0 Å². The first-order chi connectivity index (χ1) is 6.70. The summed E-state index contributed by atoms with van der Waals surface area (Å²) in [6.07, 6.45) is 9.85. The van der Waals surface area contributed by atoms with E-state index in [9.17, 15) is 4.79 Å². The molecule has 0 aromatic carbocycles. The molecule has 0 bridgehead atoms. The predicted molar refractivity (Wildman–Crippen MR) is 56.9 cm³/mol. The van der Waals surface area contributed by atoms with Gasteiger partial charge in [0.05, 0.1) is 5.92 Å². The van der Waals surface area contributed by atoms with Gasteiger partial charge >= 0.3 is 5.97 Å². The van der Waals surface area contributed by atoms with Crippen LogP contribution in [0.4, 0.5) is 0 Å². The molecule has 0 saturated heterocycles. The highest BCUT2D eigenvalue weighted by atomic mass is 16.5. The summed E-state index contributed by atoms with van der Waals surface area (Å²) in [5.74, 6) is -0.0597. The molecule has 0 radical (unpaired) electrons. The van der Waals surface area contributed by atoms with Gasteiger partial charge in [0.15, 0.2) is 0 Å². The lowest BCUT2D eigenvalue weighted by molar-refractivity contribution is -0.153. The Labute approximate surface area is 86.3 Å². The zero-order chi connectivity index (χ0) is 10.4. The summed E-state index contributed by atoms with van der Waals surface area (Å²) in [4.78, 5) is 11.4. The fourth-order valence-electron chi connectivity index (χ4n) is 1.54. The average Bonchev–Trinajstić information content (AvgIpc) is 2.08. The minimum atomic E-state index is -0.0560. The lowest BCUT2D eigenvalue weighted by Gasteiger charge is -2.19. The molecule has 1 aliphatic rings. The molecule has 14 heavy (non-hydrogen) atoms. The van der Waals surface area contributed by atoms with Crippen molar-refractivity contribution >= 4 is 5.97 Å². The van der Waals surface area contributed by atoms with Gasteiger partial charge in [-0.25, -0.2) is 0 Å². The van der Waals surface area contributed by atoms with Crippen molar-refractivity contribution in [2.24, 2.45) is 5.92 Å². The van der Waals surface area contributed by atoms with E-state index < -0.39 is 0 Å². The molecule has 2 heteroatoms. The summed E-state index contributed by atoms with van der Waals surface area (Å²) >= 11 is 0. The van der Waals surface area contributed by atoms with E-state index in [2.05, 4.69) is 12.2 Å². The molecule has 2 nitrogen and oxygen atoms in total. The Kier molecular flexibility index (Phi) is 4.71. The molecule has 0 aromatic heterocycles. The molecule has 0 heterocycles. The number of ether oxygens (including phenoxy) is 1. The molecule has 0 N–H and O–H groups in total. The summed E-state index contributed by atoms with van der Waals surface area (Å²) < 4.78 is 5.42. The van der Waals surface area contributed by atoms with Gasteiger partial charge in [-0.1, -0.05) is 26.0 Å². The van der Waals surface area contributed by atoms with Crippen molar-refractivity contribution in [3.05, 3.63) is 12.2 Å². The van der Waals surface area contributed by atoms with Gasteiger partial charge in [0.25, 0.3) is 0 Å². The van der Waals surface area contributed by atoms with E-state index in [0.717, 1.165) is 32.1 Å². The Bertz CT molecular complexity index is 206. The first-order valence-corrected chi connectivity index (χ1v) is 5.55. The number of hydrogen-bond donors (Lipinski definition) is 0. The fraction of sp³-hybridized carbons (Fsp3) is 0.750. The lowest BCUT2D eigenvalue weighted by Crippen LogP contribution is -2.21. The van der Waals surface area contributed by atoms with Gasteiger partial charge in [-0.3, -0.25) is 4.79 Å². The molecule has 0 spiro atoms. The van der Waals surface area contributed by atoms with Crippen LogP contribution < -0.4 is 0 Å². The van der Waals surface area contributed by atoms with Crippen molar-refractivity contribution in [1.29, 1.82) is 0 Å². The van der Waals surface area contributed by atoms with E-state index in [-0.39, 0.29) is 18.0 Å². The SMILES string of the molecule is CC(C)C(=O)OC1CC/C=C\CCC1. The summed E-state index contributed by atoms with van der Waals surface area (Å²) in [5, 5.41) is 0. The van der Waals surface area contributed by atoms with Crippen molar-refractivity contribution in [2.45, 2.75) is 52.1 Å². The quantitative estimate of drug-likeness (QED) is 0.501. The molecule has 1 aliphatic carbocycles. The third-order valence-corrected chi connectivity index (χ3v) is 2.47. The second kappa shape index (κ2) is 5.84. The largest absolute Gasteiger partial charge is 0.462 e. The van der Waals surface area contributed by atoms with Gasteiger partial charge in [0.1, 0.15) is 6.10 Å². The van der Waals surface area contributed by atoms with E-state index in [1.165, 1.54) is 0 Å². The molecule has 0 aromatic rings. The molecule has 1 atom stereocenters. The minimum absolute atomic E-state index is 0.00372. The summed E-state index contributed by atoms with van der Waals surface area (Å²) in [5.41, 5.74) is 0. The third-order valence-electron chi connectivity index (χ3n) is 2.47. The second-order valence-electron chi connectivity index (χ2n) is 4.19. The first-order valence-electron chi connectivity index (χ1n) is 5.55. The van der Waals surface area contributed by atoms with E-state index >= 15 is 0 Å². The Balaban J connectivity index is 2.35.